The topological polar surface area (TPSA) is 42.0 Å². The lowest BCUT2D eigenvalue weighted by molar-refractivity contribution is 0.0951. The molecule has 0 spiro atoms. The Morgan fingerprint density at radius 3 is 2.94 bits per heavy atom. The second kappa shape index (κ2) is 5.49. The highest BCUT2D eigenvalue weighted by Gasteiger charge is 2.10. The van der Waals surface area contributed by atoms with Gasteiger partial charge in [0.15, 0.2) is 0 Å². The van der Waals surface area contributed by atoms with Crippen LogP contribution in [0.25, 0.3) is 0 Å². The van der Waals surface area contributed by atoms with E-state index in [1.807, 2.05) is 5.38 Å². The van der Waals surface area contributed by atoms with Gasteiger partial charge in [-0.15, -0.1) is 11.3 Å². The molecule has 0 aliphatic carbocycles. The molecule has 0 unspecified atom stereocenters. The summed E-state index contributed by atoms with van der Waals surface area (Å²) in [6, 6.07) is 4.78. The van der Waals surface area contributed by atoms with Crippen LogP contribution in [0, 0.1) is 0 Å². The van der Waals surface area contributed by atoms with E-state index in [2.05, 4.69) is 10.3 Å². The van der Waals surface area contributed by atoms with Crippen molar-refractivity contribution in [1.82, 2.24) is 10.3 Å². The quantitative estimate of drug-likeness (QED) is 0.940. The van der Waals surface area contributed by atoms with E-state index in [-0.39, 0.29) is 5.91 Å². The lowest BCUT2D eigenvalue weighted by Crippen LogP contribution is -2.23. The molecule has 0 bridgehead atoms. The predicted octanol–water partition coefficient (Wildman–Crippen LogP) is 3.38. The molecule has 1 heterocycles. The Morgan fingerprint density at radius 2 is 2.24 bits per heavy atom. The molecule has 1 amide bonds. The third kappa shape index (κ3) is 3.19. The largest absolute Gasteiger partial charge is 0.345 e. The fourth-order valence-electron chi connectivity index (χ4n) is 1.26. The number of halogens is 2. The molecule has 1 aromatic carbocycles. The molecule has 0 radical (unpaired) electrons. The van der Waals surface area contributed by atoms with Crippen molar-refractivity contribution in [1.29, 1.82) is 0 Å². The molecule has 88 valence electrons. The zero-order valence-electron chi connectivity index (χ0n) is 8.61. The number of hydrogen-bond acceptors (Lipinski definition) is 3. The fourth-order valence-corrected chi connectivity index (χ4v) is 2.19. The molecule has 0 aliphatic heterocycles. The normalized spacial score (nSPS) is 10.2. The molecule has 2 aromatic rings. The lowest BCUT2D eigenvalue weighted by Gasteiger charge is -2.05. The first-order valence-electron chi connectivity index (χ1n) is 4.78. The van der Waals surface area contributed by atoms with Gasteiger partial charge in [-0.25, -0.2) is 4.98 Å². The summed E-state index contributed by atoms with van der Waals surface area (Å²) in [5.74, 6) is -0.257. The van der Waals surface area contributed by atoms with E-state index >= 15 is 0 Å². The zero-order chi connectivity index (χ0) is 12.3. The number of thiazole rings is 1. The summed E-state index contributed by atoms with van der Waals surface area (Å²) in [5.41, 5.74) is 0.371. The Balaban J connectivity index is 2.07. The zero-order valence-corrected chi connectivity index (χ0v) is 10.9. The van der Waals surface area contributed by atoms with E-state index in [4.69, 9.17) is 23.2 Å². The Labute approximate surface area is 112 Å². The van der Waals surface area contributed by atoms with E-state index in [1.54, 1.807) is 24.4 Å². The van der Waals surface area contributed by atoms with Gasteiger partial charge in [-0.2, -0.15) is 0 Å². The van der Waals surface area contributed by atoms with Gasteiger partial charge in [0.05, 0.1) is 17.1 Å². The Hall–Kier alpha value is -1.10. The molecule has 0 aliphatic rings. The first-order chi connectivity index (χ1) is 8.16. The average molecular weight is 287 g/mol. The van der Waals surface area contributed by atoms with E-state index < -0.39 is 0 Å². The van der Waals surface area contributed by atoms with Crippen molar-refractivity contribution in [2.24, 2.45) is 0 Å². The smallest absolute Gasteiger partial charge is 0.253 e. The number of nitrogens with one attached hydrogen (secondary N) is 1. The van der Waals surface area contributed by atoms with Gasteiger partial charge in [-0.05, 0) is 18.2 Å². The van der Waals surface area contributed by atoms with Crippen molar-refractivity contribution in [3.05, 3.63) is 50.4 Å². The van der Waals surface area contributed by atoms with Gasteiger partial charge in [0.25, 0.3) is 5.91 Å². The first-order valence-corrected chi connectivity index (χ1v) is 6.42. The van der Waals surface area contributed by atoms with Crippen molar-refractivity contribution in [2.45, 2.75) is 6.54 Å². The highest BCUT2D eigenvalue weighted by atomic mass is 35.5. The maximum absolute atomic E-state index is 11.8. The Bertz CT molecular complexity index is 528. The maximum atomic E-state index is 11.8. The SMILES string of the molecule is O=C(NCc1nccs1)c1cc(Cl)ccc1Cl. The number of nitrogens with zero attached hydrogens (tertiary/aromatic N) is 1. The van der Waals surface area contributed by atoms with E-state index in [9.17, 15) is 4.79 Å². The molecule has 6 heteroatoms. The first kappa shape index (κ1) is 12.4. The summed E-state index contributed by atoms with van der Waals surface area (Å²) in [7, 11) is 0. The highest BCUT2D eigenvalue weighted by molar-refractivity contribution is 7.09. The minimum atomic E-state index is -0.257. The fraction of sp³-hybridized carbons (Fsp3) is 0.0909. The van der Waals surface area contributed by atoms with Crippen LogP contribution in [0.3, 0.4) is 0 Å². The van der Waals surface area contributed by atoms with Gasteiger partial charge in [-0.1, -0.05) is 23.2 Å². The number of carbonyl (C=O) groups excluding carboxylic acids is 1. The molecule has 17 heavy (non-hydrogen) atoms. The van der Waals surface area contributed by atoms with Crippen LogP contribution in [0.15, 0.2) is 29.8 Å². The van der Waals surface area contributed by atoms with Gasteiger partial charge < -0.3 is 5.32 Å². The number of rotatable bonds is 3. The standard InChI is InChI=1S/C11H8Cl2N2OS/c12-7-1-2-9(13)8(5-7)11(16)15-6-10-14-3-4-17-10/h1-5H,6H2,(H,15,16). The van der Waals surface area contributed by atoms with Crippen LogP contribution in [0.4, 0.5) is 0 Å². The van der Waals surface area contributed by atoms with Gasteiger partial charge in [0.2, 0.25) is 0 Å². The summed E-state index contributed by atoms with van der Waals surface area (Å²) in [6.45, 7) is 0.388. The summed E-state index contributed by atoms with van der Waals surface area (Å²) < 4.78 is 0. The highest BCUT2D eigenvalue weighted by Crippen LogP contribution is 2.20. The van der Waals surface area contributed by atoms with Crippen LogP contribution in [-0.2, 0) is 6.54 Å². The number of aromatic nitrogens is 1. The third-order valence-corrected chi connectivity index (χ3v) is 3.40. The van der Waals surface area contributed by atoms with Crippen LogP contribution in [0.2, 0.25) is 10.0 Å². The number of amides is 1. The molecule has 3 nitrogen and oxygen atoms in total. The third-order valence-electron chi connectivity index (χ3n) is 2.06. The van der Waals surface area contributed by atoms with Crippen LogP contribution in [-0.4, -0.2) is 10.9 Å². The van der Waals surface area contributed by atoms with E-state index in [0.717, 1.165) is 5.01 Å². The number of carbonyl (C=O) groups is 1. The summed E-state index contributed by atoms with van der Waals surface area (Å²) in [6.07, 6.45) is 1.69. The molecule has 2 rings (SSSR count). The maximum Gasteiger partial charge on any atom is 0.253 e. The monoisotopic (exact) mass is 286 g/mol. The average Bonchev–Trinajstić information content (AvgIpc) is 2.82. The Kier molecular flexibility index (Phi) is 3.99. The number of benzene rings is 1. The second-order valence-corrected chi connectivity index (χ2v) is 5.06. The molecular formula is C11H8Cl2N2OS. The summed E-state index contributed by atoms with van der Waals surface area (Å²) in [5, 5.41) is 6.30. The molecule has 0 saturated carbocycles. The van der Waals surface area contributed by atoms with Crippen molar-refractivity contribution in [2.75, 3.05) is 0 Å². The van der Waals surface area contributed by atoms with Crippen LogP contribution in [0.1, 0.15) is 15.4 Å². The molecule has 0 atom stereocenters. The molecular weight excluding hydrogens is 279 g/mol. The van der Waals surface area contributed by atoms with Crippen LogP contribution >= 0.6 is 34.5 Å². The van der Waals surface area contributed by atoms with Gasteiger partial charge >= 0.3 is 0 Å². The molecule has 1 aromatic heterocycles. The summed E-state index contributed by atoms with van der Waals surface area (Å²) in [4.78, 5) is 15.9. The summed E-state index contributed by atoms with van der Waals surface area (Å²) >= 11 is 13.2. The molecule has 1 N–H and O–H groups in total. The minimum absolute atomic E-state index is 0.257. The molecule has 0 saturated heterocycles. The van der Waals surface area contributed by atoms with Crippen molar-refractivity contribution in [3.8, 4) is 0 Å². The van der Waals surface area contributed by atoms with Gasteiger partial charge in [0.1, 0.15) is 5.01 Å². The van der Waals surface area contributed by atoms with E-state index in [1.165, 1.54) is 11.3 Å². The number of hydrogen-bond donors (Lipinski definition) is 1. The van der Waals surface area contributed by atoms with Gasteiger partial charge in [-0.3, -0.25) is 4.79 Å². The van der Waals surface area contributed by atoms with Crippen LogP contribution in [0.5, 0.6) is 0 Å². The lowest BCUT2D eigenvalue weighted by atomic mass is 10.2. The minimum Gasteiger partial charge on any atom is -0.345 e. The molecule has 0 fully saturated rings. The van der Waals surface area contributed by atoms with Crippen molar-refractivity contribution < 1.29 is 4.79 Å². The van der Waals surface area contributed by atoms with Crippen molar-refractivity contribution >= 4 is 40.4 Å². The van der Waals surface area contributed by atoms with Crippen molar-refractivity contribution in [3.63, 3.8) is 0 Å². The van der Waals surface area contributed by atoms with E-state index in [0.29, 0.717) is 22.2 Å². The predicted molar refractivity (Wildman–Crippen MR) is 69.7 cm³/mol. The second-order valence-electron chi connectivity index (χ2n) is 3.23. The Morgan fingerprint density at radius 1 is 1.41 bits per heavy atom. The van der Waals surface area contributed by atoms with Gasteiger partial charge in [0, 0.05) is 16.6 Å². The van der Waals surface area contributed by atoms with Crippen LogP contribution < -0.4 is 5.32 Å².